The highest BCUT2D eigenvalue weighted by atomic mass is 16.3. The molecule has 0 spiro atoms. The Labute approximate surface area is 123 Å². The number of rotatable bonds is 5. The van der Waals surface area contributed by atoms with Crippen molar-refractivity contribution in [3.8, 4) is 0 Å². The normalized spacial score (nSPS) is 11.7. The summed E-state index contributed by atoms with van der Waals surface area (Å²) in [5.74, 6) is -0.278. The number of carbonyl (C=O) groups is 2. The van der Waals surface area contributed by atoms with Crippen molar-refractivity contribution in [3.63, 3.8) is 0 Å². The summed E-state index contributed by atoms with van der Waals surface area (Å²) in [6.07, 6.45) is -0.0201. The second-order valence-corrected chi connectivity index (χ2v) is 4.82. The van der Waals surface area contributed by atoms with Crippen molar-refractivity contribution in [1.29, 1.82) is 0 Å². The molecule has 0 saturated heterocycles. The minimum Gasteiger partial charge on any atom is -0.387 e. The molecule has 4 nitrogen and oxygen atoms in total. The summed E-state index contributed by atoms with van der Waals surface area (Å²) in [6, 6.07) is 13.8. The maximum absolute atomic E-state index is 12.0. The smallest absolute Gasteiger partial charge is 0.251 e. The van der Waals surface area contributed by atoms with E-state index in [1.54, 1.807) is 24.3 Å². The van der Waals surface area contributed by atoms with Gasteiger partial charge in [0.15, 0.2) is 0 Å². The highest BCUT2D eigenvalue weighted by Crippen LogP contribution is 2.16. The van der Waals surface area contributed by atoms with Crippen LogP contribution in [-0.2, 0) is 0 Å². The van der Waals surface area contributed by atoms with Gasteiger partial charge in [0.05, 0.1) is 6.10 Å². The number of amides is 1. The molecular weight excluding hydrogens is 266 g/mol. The number of hydrogen-bond acceptors (Lipinski definition) is 3. The Morgan fingerprint density at radius 3 is 2.48 bits per heavy atom. The molecule has 2 aromatic carbocycles. The molecule has 4 heteroatoms. The highest BCUT2D eigenvalue weighted by molar-refractivity contribution is 5.94. The number of aldehydes is 1. The predicted octanol–water partition coefficient (Wildman–Crippen LogP) is 2.27. The third-order valence-corrected chi connectivity index (χ3v) is 3.31. The van der Waals surface area contributed by atoms with Gasteiger partial charge >= 0.3 is 0 Å². The number of nitrogens with one attached hydrogen (secondary N) is 1. The maximum atomic E-state index is 12.0. The van der Waals surface area contributed by atoms with Crippen molar-refractivity contribution in [2.45, 2.75) is 13.0 Å². The van der Waals surface area contributed by atoms with E-state index >= 15 is 0 Å². The molecule has 1 atom stereocenters. The summed E-state index contributed by atoms with van der Waals surface area (Å²) in [5.41, 5.74) is 2.76. The van der Waals surface area contributed by atoms with Crippen molar-refractivity contribution in [1.82, 2.24) is 5.32 Å². The lowest BCUT2D eigenvalue weighted by atomic mass is 10.0. The van der Waals surface area contributed by atoms with E-state index in [-0.39, 0.29) is 12.5 Å². The molecule has 0 radical (unpaired) electrons. The minimum absolute atomic E-state index is 0.138. The molecule has 2 aromatic rings. The molecule has 108 valence electrons. The van der Waals surface area contributed by atoms with Crippen molar-refractivity contribution >= 4 is 12.2 Å². The van der Waals surface area contributed by atoms with Gasteiger partial charge < -0.3 is 10.4 Å². The first-order chi connectivity index (χ1) is 10.1. The predicted molar refractivity (Wildman–Crippen MR) is 80.3 cm³/mol. The Balaban J connectivity index is 1.97. The third-order valence-electron chi connectivity index (χ3n) is 3.31. The summed E-state index contributed by atoms with van der Waals surface area (Å²) in [7, 11) is 0. The van der Waals surface area contributed by atoms with Gasteiger partial charge in [0, 0.05) is 17.7 Å². The van der Waals surface area contributed by atoms with E-state index in [0.29, 0.717) is 11.1 Å². The van der Waals surface area contributed by atoms with E-state index in [0.717, 1.165) is 17.4 Å². The Morgan fingerprint density at radius 2 is 1.86 bits per heavy atom. The molecule has 0 heterocycles. The third kappa shape index (κ3) is 3.77. The molecular formula is C17H17NO3. The fourth-order valence-corrected chi connectivity index (χ4v) is 2.08. The van der Waals surface area contributed by atoms with E-state index in [1.807, 2.05) is 31.2 Å². The van der Waals surface area contributed by atoms with E-state index < -0.39 is 6.10 Å². The van der Waals surface area contributed by atoms with Crippen molar-refractivity contribution in [2.75, 3.05) is 6.54 Å². The number of carbonyl (C=O) groups excluding carboxylic acids is 2. The molecule has 21 heavy (non-hydrogen) atoms. The first kappa shape index (κ1) is 14.9. The standard InChI is InChI=1S/C17H17NO3/c1-12-4-2-3-5-15(12)16(20)10-18-17(21)14-8-6-13(11-19)7-9-14/h2-9,11,16,20H,10H2,1H3,(H,18,21). The second kappa shape index (κ2) is 6.81. The molecule has 0 fully saturated rings. The molecule has 1 unspecified atom stereocenters. The van der Waals surface area contributed by atoms with Gasteiger partial charge in [-0.2, -0.15) is 0 Å². The molecule has 0 saturated carbocycles. The highest BCUT2D eigenvalue weighted by Gasteiger charge is 2.12. The lowest BCUT2D eigenvalue weighted by Gasteiger charge is -2.14. The number of hydrogen-bond donors (Lipinski definition) is 2. The van der Waals surface area contributed by atoms with E-state index in [2.05, 4.69) is 5.32 Å². The topological polar surface area (TPSA) is 66.4 Å². The lowest BCUT2D eigenvalue weighted by molar-refractivity contribution is 0.0915. The van der Waals surface area contributed by atoms with Crippen molar-refractivity contribution in [2.24, 2.45) is 0 Å². The summed E-state index contributed by atoms with van der Waals surface area (Å²) in [5, 5.41) is 12.8. The summed E-state index contributed by atoms with van der Waals surface area (Å²) < 4.78 is 0. The van der Waals surface area contributed by atoms with Crippen LogP contribution in [-0.4, -0.2) is 23.8 Å². The Hall–Kier alpha value is -2.46. The van der Waals surface area contributed by atoms with Crippen LogP contribution in [0.2, 0.25) is 0 Å². The Morgan fingerprint density at radius 1 is 1.19 bits per heavy atom. The van der Waals surface area contributed by atoms with Crippen LogP contribution in [0.3, 0.4) is 0 Å². The Bertz CT molecular complexity index is 635. The molecule has 0 bridgehead atoms. The summed E-state index contributed by atoms with van der Waals surface area (Å²) in [4.78, 5) is 22.5. The molecule has 2 N–H and O–H groups in total. The average Bonchev–Trinajstić information content (AvgIpc) is 2.52. The number of aryl methyl sites for hydroxylation is 1. The number of aliphatic hydroxyl groups is 1. The largest absolute Gasteiger partial charge is 0.387 e. The number of benzene rings is 2. The van der Waals surface area contributed by atoms with Gasteiger partial charge in [-0.1, -0.05) is 36.4 Å². The van der Waals surface area contributed by atoms with Crippen LogP contribution >= 0.6 is 0 Å². The first-order valence-electron chi connectivity index (χ1n) is 6.69. The summed E-state index contributed by atoms with van der Waals surface area (Å²) >= 11 is 0. The van der Waals surface area contributed by atoms with Crippen LogP contribution < -0.4 is 5.32 Å². The minimum atomic E-state index is -0.746. The second-order valence-electron chi connectivity index (χ2n) is 4.82. The van der Waals surface area contributed by atoms with Crippen LogP contribution in [0.25, 0.3) is 0 Å². The molecule has 2 rings (SSSR count). The monoisotopic (exact) mass is 283 g/mol. The van der Waals surface area contributed by atoms with Crippen LogP contribution in [0.15, 0.2) is 48.5 Å². The van der Waals surface area contributed by atoms with Gasteiger partial charge in [-0.3, -0.25) is 9.59 Å². The summed E-state index contributed by atoms with van der Waals surface area (Å²) in [6.45, 7) is 2.05. The fourth-order valence-electron chi connectivity index (χ4n) is 2.08. The molecule has 1 amide bonds. The maximum Gasteiger partial charge on any atom is 0.251 e. The van der Waals surface area contributed by atoms with E-state index in [9.17, 15) is 14.7 Å². The average molecular weight is 283 g/mol. The molecule has 0 aliphatic rings. The van der Waals surface area contributed by atoms with E-state index in [4.69, 9.17) is 0 Å². The van der Waals surface area contributed by atoms with Gasteiger partial charge in [-0.25, -0.2) is 0 Å². The SMILES string of the molecule is Cc1ccccc1C(O)CNC(=O)c1ccc(C=O)cc1. The molecule has 0 aliphatic heterocycles. The number of aliphatic hydroxyl groups excluding tert-OH is 1. The van der Waals surface area contributed by atoms with Crippen molar-refractivity contribution in [3.05, 3.63) is 70.8 Å². The van der Waals surface area contributed by atoms with E-state index in [1.165, 1.54) is 0 Å². The fraction of sp³-hybridized carbons (Fsp3) is 0.176. The zero-order valence-electron chi connectivity index (χ0n) is 11.7. The van der Waals surface area contributed by atoms with Crippen LogP contribution in [0.1, 0.15) is 37.9 Å². The van der Waals surface area contributed by atoms with Gasteiger partial charge in [-0.15, -0.1) is 0 Å². The Kier molecular flexibility index (Phi) is 4.85. The van der Waals surface area contributed by atoms with Crippen LogP contribution in [0, 0.1) is 6.92 Å². The zero-order valence-corrected chi connectivity index (χ0v) is 11.7. The van der Waals surface area contributed by atoms with Gasteiger partial charge in [0.2, 0.25) is 0 Å². The zero-order chi connectivity index (χ0) is 15.2. The van der Waals surface area contributed by atoms with Gasteiger partial charge in [-0.05, 0) is 30.2 Å². The molecule has 0 aromatic heterocycles. The van der Waals surface area contributed by atoms with Crippen LogP contribution in [0.4, 0.5) is 0 Å². The van der Waals surface area contributed by atoms with Crippen LogP contribution in [0.5, 0.6) is 0 Å². The van der Waals surface area contributed by atoms with Gasteiger partial charge in [0.25, 0.3) is 5.91 Å². The van der Waals surface area contributed by atoms with Crippen molar-refractivity contribution < 1.29 is 14.7 Å². The molecule has 0 aliphatic carbocycles. The first-order valence-corrected chi connectivity index (χ1v) is 6.69. The van der Waals surface area contributed by atoms with Gasteiger partial charge in [0.1, 0.15) is 6.29 Å². The lowest BCUT2D eigenvalue weighted by Crippen LogP contribution is -2.28. The quantitative estimate of drug-likeness (QED) is 0.827.